The molecule has 1 aromatic heterocycles. The minimum Gasteiger partial charge on any atom is -0.497 e. The summed E-state index contributed by atoms with van der Waals surface area (Å²) < 4.78 is 6.98. The lowest BCUT2D eigenvalue weighted by Gasteiger charge is -2.06. The Kier molecular flexibility index (Phi) is 5.58. The summed E-state index contributed by atoms with van der Waals surface area (Å²) in [6, 6.07) is 9.41. The van der Waals surface area contributed by atoms with Crippen LogP contribution < -0.4 is 10.1 Å². The van der Waals surface area contributed by atoms with Gasteiger partial charge in [0.25, 0.3) is 5.91 Å². The quantitative estimate of drug-likeness (QED) is 0.799. The zero-order valence-electron chi connectivity index (χ0n) is 13.4. The molecule has 0 radical (unpaired) electrons. The molecule has 0 aliphatic rings. The number of hydrogen-bond acceptors (Lipinski definition) is 3. The second-order valence-corrected chi connectivity index (χ2v) is 5.25. The monoisotopic (exact) mass is 301 g/mol. The lowest BCUT2D eigenvalue weighted by molar-refractivity contribution is 0.0947. The van der Waals surface area contributed by atoms with Gasteiger partial charge in [-0.15, -0.1) is 0 Å². The Morgan fingerprint density at radius 2 is 2.14 bits per heavy atom. The summed E-state index contributed by atoms with van der Waals surface area (Å²) >= 11 is 0. The fourth-order valence-electron chi connectivity index (χ4n) is 2.26. The molecule has 118 valence electrons. The van der Waals surface area contributed by atoms with Crippen molar-refractivity contribution in [2.45, 2.75) is 33.1 Å². The van der Waals surface area contributed by atoms with Gasteiger partial charge in [0.1, 0.15) is 5.75 Å². The highest BCUT2D eigenvalue weighted by Crippen LogP contribution is 2.18. The lowest BCUT2D eigenvalue weighted by Crippen LogP contribution is -2.25. The maximum atomic E-state index is 12.1. The van der Waals surface area contributed by atoms with Gasteiger partial charge in [0.2, 0.25) is 0 Å². The van der Waals surface area contributed by atoms with Crippen LogP contribution in [0, 0.1) is 6.92 Å². The van der Waals surface area contributed by atoms with Crippen molar-refractivity contribution in [3.63, 3.8) is 0 Å². The van der Waals surface area contributed by atoms with Crippen molar-refractivity contribution >= 4 is 5.91 Å². The molecule has 5 nitrogen and oxygen atoms in total. The zero-order chi connectivity index (χ0) is 15.9. The summed E-state index contributed by atoms with van der Waals surface area (Å²) in [6.07, 6.45) is 3.26. The lowest BCUT2D eigenvalue weighted by atomic mass is 10.2. The van der Waals surface area contributed by atoms with Gasteiger partial charge in [0.15, 0.2) is 5.69 Å². The molecular formula is C17H23N3O2. The number of ether oxygens (including phenoxy) is 1. The van der Waals surface area contributed by atoms with Crippen LogP contribution in [0.25, 0.3) is 5.69 Å². The predicted molar refractivity (Wildman–Crippen MR) is 86.7 cm³/mol. The summed E-state index contributed by atoms with van der Waals surface area (Å²) in [7, 11) is 1.63. The molecule has 0 saturated carbocycles. The molecule has 22 heavy (non-hydrogen) atoms. The van der Waals surface area contributed by atoms with Crippen LogP contribution in [0.2, 0.25) is 0 Å². The van der Waals surface area contributed by atoms with Gasteiger partial charge < -0.3 is 10.1 Å². The van der Waals surface area contributed by atoms with Crippen LogP contribution in [0.4, 0.5) is 0 Å². The van der Waals surface area contributed by atoms with E-state index in [0.717, 1.165) is 36.4 Å². The average molecular weight is 301 g/mol. The van der Waals surface area contributed by atoms with E-state index in [1.54, 1.807) is 17.9 Å². The molecule has 0 atom stereocenters. The van der Waals surface area contributed by atoms with Gasteiger partial charge in [-0.05, 0) is 31.5 Å². The fourth-order valence-corrected chi connectivity index (χ4v) is 2.26. The Bertz CT molecular complexity index is 635. The number of aryl methyl sites for hydroxylation is 1. The molecule has 2 aromatic rings. The Morgan fingerprint density at radius 3 is 2.86 bits per heavy atom. The normalized spacial score (nSPS) is 10.5. The van der Waals surface area contributed by atoms with E-state index in [4.69, 9.17) is 4.74 Å². The van der Waals surface area contributed by atoms with E-state index in [9.17, 15) is 4.79 Å². The molecule has 2 rings (SSSR count). The van der Waals surface area contributed by atoms with Crippen molar-refractivity contribution in [3.8, 4) is 11.4 Å². The highest BCUT2D eigenvalue weighted by Gasteiger charge is 2.13. The summed E-state index contributed by atoms with van der Waals surface area (Å²) in [4.78, 5) is 12.1. The number of carbonyl (C=O) groups is 1. The van der Waals surface area contributed by atoms with E-state index >= 15 is 0 Å². The third-order valence-corrected chi connectivity index (χ3v) is 3.48. The minimum absolute atomic E-state index is 0.124. The first-order valence-electron chi connectivity index (χ1n) is 7.65. The van der Waals surface area contributed by atoms with Gasteiger partial charge in [-0.2, -0.15) is 5.10 Å². The molecule has 0 unspecified atom stereocenters. The van der Waals surface area contributed by atoms with Gasteiger partial charge in [-0.3, -0.25) is 4.79 Å². The number of rotatable bonds is 7. The topological polar surface area (TPSA) is 56.2 Å². The number of aromatic nitrogens is 2. The third-order valence-electron chi connectivity index (χ3n) is 3.48. The maximum absolute atomic E-state index is 12.1. The van der Waals surface area contributed by atoms with Gasteiger partial charge in [-0.1, -0.05) is 25.8 Å². The van der Waals surface area contributed by atoms with E-state index in [1.165, 1.54) is 0 Å². The summed E-state index contributed by atoms with van der Waals surface area (Å²) in [6.45, 7) is 4.76. The predicted octanol–water partition coefficient (Wildman–Crippen LogP) is 3.11. The molecule has 1 amide bonds. The number of nitrogens with zero attached hydrogens (tertiary/aromatic N) is 2. The summed E-state index contributed by atoms with van der Waals surface area (Å²) in [5.41, 5.74) is 2.23. The van der Waals surface area contributed by atoms with E-state index < -0.39 is 0 Å². The van der Waals surface area contributed by atoms with Crippen molar-refractivity contribution < 1.29 is 9.53 Å². The standard InChI is InChI=1S/C17H23N3O2/c1-4-5-6-10-18-17(21)16-11-13(2)20(19-16)14-8-7-9-15(12-14)22-3/h7-9,11-12H,4-6,10H2,1-3H3,(H,18,21). The minimum atomic E-state index is -0.124. The van der Waals surface area contributed by atoms with E-state index in [-0.39, 0.29) is 5.91 Å². The van der Waals surface area contributed by atoms with Crippen molar-refractivity contribution in [1.82, 2.24) is 15.1 Å². The van der Waals surface area contributed by atoms with Gasteiger partial charge in [0, 0.05) is 18.3 Å². The molecule has 0 fully saturated rings. The highest BCUT2D eigenvalue weighted by atomic mass is 16.5. The summed E-state index contributed by atoms with van der Waals surface area (Å²) in [5.74, 6) is 0.638. The number of amides is 1. The number of benzene rings is 1. The molecular weight excluding hydrogens is 278 g/mol. The Labute approximate surface area is 131 Å². The van der Waals surface area contributed by atoms with Gasteiger partial charge in [-0.25, -0.2) is 4.68 Å². The molecule has 1 heterocycles. The Morgan fingerprint density at radius 1 is 1.32 bits per heavy atom. The molecule has 0 aliphatic carbocycles. The van der Waals surface area contributed by atoms with E-state index in [1.807, 2.05) is 31.2 Å². The Balaban J connectivity index is 2.12. The molecule has 0 saturated heterocycles. The van der Waals surface area contributed by atoms with Crippen LogP contribution in [-0.2, 0) is 0 Å². The number of methoxy groups -OCH3 is 1. The van der Waals surface area contributed by atoms with Crippen molar-refractivity contribution in [1.29, 1.82) is 0 Å². The number of carbonyl (C=O) groups excluding carboxylic acids is 1. The SMILES string of the molecule is CCCCCNC(=O)c1cc(C)n(-c2cccc(OC)c2)n1. The van der Waals surface area contributed by atoms with Crippen LogP contribution in [-0.4, -0.2) is 29.3 Å². The van der Waals surface area contributed by atoms with Crippen LogP contribution in [0.5, 0.6) is 5.75 Å². The van der Waals surface area contributed by atoms with Crippen LogP contribution >= 0.6 is 0 Å². The molecule has 0 aliphatic heterocycles. The zero-order valence-corrected chi connectivity index (χ0v) is 13.4. The molecule has 5 heteroatoms. The fraction of sp³-hybridized carbons (Fsp3) is 0.412. The first-order chi connectivity index (χ1) is 10.7. The third kappa shape index (κ3) is 3.87. The number of hydrogen-bond donors (Lipinski definition) is 1. The van der Waals surface area contributed by atoms with Crippen molar-refractivity contribution in [2.24, 2.45) is 0 Å². The number of nitrogens with one attached hydrogen (secondary N) is 1. The van der Waals surface area contributed by atoms with E-state index in [0.29, 0.717) is 12.2 Å². The first-order valence-corrected chi connectivity index (χ1v) is 7.65. The maximum Gasteiger partial charge on any atom is 0.271 e. The summed E-state index contributed by atoms with van der Waals surface area (Å²) in [5, 5.41) is 7.31. The average Bonchev–Trinajstić information content (AvgIpc) is 2.93. The smallest absolute Gasteiger partial charge is 0.271 e. The molecule has 0 spiro atoms. The highest BCUT2D eigenvalue weighted by molar-refractivity contribution is 5.92. The first kappa shape index (κ1) is 16.1. The van der Waals surface area contributed by atoms with Gasteiger partial charge in [0.05, 0.1) is 12.8 Å². The van der Waals surface area contributed by atoms with Crippen molar-refractivity contribution in [3.05, 3.63) is 41.7 Å². The van der Waals surface area contributed by atoms with Crippen molar-refractivity contribution in [2.75, 3.05) is 13.7 Å². The Hall–Kier alpha value is -2.30. The van der Waals surface area contributed by atoms with Gasteiger partial charge >= 0.3 is 0 Å². The second-order valence-electron chi connectivity index (χ2n) is 5.25. The molecule has 0 bridgehead atoms. The number of unbranched alkanes of at least 4 members (excludes halogenated alkanes) is 2. The van der Waals surface area contributed by atoms with Crippen LogP contribution in [0.15, 0.2) is 30.3 Å². The van der Waals surface area contributed by atoms with E-state index in [2.05, 4.69) is 17.3 Å². The largest absolute Gasteiger partial charge is 0.497 e. The molecule has 1 N–H and O–H groups in total. The second kappa shape index (κ2) is 7.64. The van der Waals surface area contributed by atoms with Crippen LogP contribution in [0.1, 0.15) is 42.4 Å². The molecule has 1 aromatic carbocycles. The van der Waals surface area contributed by atoms with Crippen LogP contribution in [0.3, 0.4) is 0 Å².